The van der Waals surface area contributed by atoms with Crippen molar-refractivity contribution in [2.45, 2.75) is 39.8 Å². The summed E-state index contributed by atoms with van der Waals surface area (Å²) in [6, 6.07) is 1.04. The molecule has 10 heavy (non-hydrogen) atoms. The van der Waals surface area contributed by atoms with E-state index >= 15 is 0 Å². The van der Waals surface area contributed by atoms with Gasteiger partial charge in [-0.05, 0) is 27.7 Å². The van der Waals surface area contributed by atoms with Gasteiger partial charge in [0.25, 0.3) is 0 Å². The van der Waals surface area contributed by atoms with Crippen LogP contribution in [0.25, 0.3) is 0 Å². The van der Waals surface area contributed by atoms with Crippen molar-refractivity contribution in [3.05, 3.63) is 12.4 Å². The molecule has 0 radical (unpaired) electrons. The minimum absolute atomic E-state index is 0.519. The molecule has 0 atom stereocenters. The Kier molecular flexibility index (Phi) is 4.81. The molecule has 0 aliphatic carbocycles. The number of hydrogen-bond acceptors (Lipinski definition) is 2. The van der Waals surface area contributed by atoms with Crippen LogP contribution in [0.1, 0.15) is 27.7 Å². The molecule has 0 saturated heterocycles. The standard InChI is InChI=1S/C8H18N2/c1-7(2)9-5-6-10-8(3)4/h5-10H,1-4H3/b6-5+. The van der Waals surface area contributed by atoms with Crippen molar-refractivity contribution < 1.29 is 0 Å². The third kappa shape index (κ3) is 7.34. The van der Waals surface area contributed by atoms with Gasteiger partial charge in [-0.2, -0.15) is 0 Å². The van der Waals surface area contributed by atoms with Crippen LogP contribution in [-0.2, 0) is 0 Å². The van der Waals surface area contributed by atoms with Gasteiger partial charge in [0.05, 0.1) is 0 Å². The maximum Gasteiger partial charge on any atom is 0.0199 e. The van der Waals surface area contributed by atoms with Crippen LogP contribution in [0.2, 0.25) is 0 Å². The predicted molar refractivity (Wildman–Crippen MR) is 45.7 cm³/mol. The molecule has 0 aromatic heterocycles. The highest BCUT2D eigenvalue weighted by Gasteiger charge is 1.84. The van der Waals surface area contributed by atoms with Crippen molar-refractivity contribution in [3.8, 4) is 0 Å². The zero-order chi connectivity index (χ0) is 7.98. The topological polar surface area (TPSA) is 24.1 Å². The lowest BCUT2D eigenvalue weighted by atomic mass is 10.4. The van der Waals surface area contributed by atoms with Crippen LogP contribution in [0.15, 0.2) is 12.4 Å². The molecule has 60 valence electrons. The summed E-state index contributed by atoms with van der Waals surface area (Å²) in [7, 11) is 0. The van der Waals surface area contributed by atoms with Crippen LogP contribution < -0.4 is 10.6 Å². The average molecular weight is 142 g/mol. The summed E-state index contributed by atoms with van der Waals surface area (Å²) < 4.78 is 0. The van der Waals surface area contributed by atoms with Crippen molar-refractivity contribution >= 4 is 0 Å². The molecule has 0 amide bonds. The van der Waals surface area contributed by atoms with E-state index in [9.17, 15) is 0 Å². The molecular weight excluding hydrogens is 124 g/mol. The minimum Gasteiger partial charge on any atom is -0.388 e. The smallest absolute Gasteiger partial charge is 0.0199 e. The van der Waals surface area contributed by atoms with Crippen LogP contribution in [-0.4, -0.2) is 12.1 Å². The molecule has 2 N–H and O–H groups in total. The summed E-state index contributed by atoms with van der Waals surface area (Å²) in [4.78, 5) is 0. The second-order valence-electron chi connectivity index (χ2n) is 2.98. The van der Waals surface area contributed by atoms with Gasteiger partial charge in [0.15, 0.2) is 0 Å². The number of rotatable bonds is 4. The first kappa shape index (κ1) is 9.34. The largest absolute Gasteiger partial charge is 0.388 e. The summed E-state index contributed by atoms with van der Waals surface area (Å²) in [6.07, 6.45) is 3.87. The van der Waals surface area contributed by atoms with Crippen molar-refractivity contribution in [2.24, 2.45) is 0 Å². The van der Waals surface area contributed by atoms with Crippen molar-refractivity contribution in [1.29, 1.82) is 0 Å². The van der Waals surface area contributed by atoms with Gasteiger partial charge >= 0.3 is 0 Å². The molecule has 2 heteroatoms. The molecule has 0 spiro atoms. The van der Waals surface area contributed by atoms with E-state index in [2.05, 4.69) is 38.3 Å². The Morgan fingerprint density at radius 1 is 0.800 bits per heavy atom. The van der Waals surface area contributed by atoms with Crippen molar-refractivity contribution in [2.75, 3.05) is 0 Å². The fourth-order valence-electron chi connectivity index (χ4n) is 0.481. The van der Waals surface area contributed by atoms with Crippen LogP contribution in [0.4, 0.5) is 0 Å². The molecular formula is C8H18N2. The van der Waals surface area contributed by atoms with E-state index in [0.29, 0.717) is 12.1 Å². The van der Waals surface area contributed by atoms with Gasteiger partial charge in [-0.3, -0.25) is 0 Å². The first-order valence-corrected chi connectivity index (χ1v) is 3.80. The summed E-state index contributed by atoms with van der Waals surface area (Å²) in [5, 5.41) is 6.32. The lowest BCUT2D eigenvalue weighted by molar-refractivity contribution is 0.672. The first-order chi connectivity index (χ1) is 4.63. The molecule has 0 aromatic rings. The molecule has 2 nitrogen and oxygen atoms in total. The Bertz CT molecular complexity index is 83.4. The molecule has 0 fully saturated rings. The second-order valence-corrected chi connectivity index (χ2v) is 2.98. The fraction of sp³-hybridized carbons (Fsp3) is 0.750. The fourth-order valence-corrected chi connectivity index (χ4v) is 0.481. The van der Waals surface area contributed by atoms with Crippen LogP contribution in [0.5, 0.6) is 0 Å². The van der Waals surface area contributed by atoms with Crippen LogP contribution in [0, 0.1) is 0 Å². The van der Waals surface area contributed by atoms with Crippen molar-refractivity contribution in [1.82, 2.24) is 10.6 Å². The van der Waals surface area contributed by atoms with Gasteiger partial charge in [-0.1, -0.05) is 0 Å². The summed E-state index contributed by atoms with van der Waals surface area (Å²) in [5.74, 6) is 0. The Labute approximate surface area is 63.7 Å². The van der Waals surface area contributed by atoms with E-state index in [4.69, 9.17) is 0 Å². The van der Waals surface area contributed by atoms with Gasteiger partial charge in [-0.25, -0.2) is 0 Å². The quantitative estimate of drug-likeness (QED) is 0.621. The monoisotopic (exact) mass is 142 g/mol. The second kappa shape index (κ2) is 5.15. The lowest BCUT2D eigenvalue weighted by Gasteiger charge is -2.05. The first-order valence-electron chi connectivity index (χ1n) is 3.80. The molecule has 0 heterocycles. The molecule has 0 bridgehead atoms. The highest BCUT2D eigenvalue weighted by atomic mass is 14.9. The Morgan fingerprint density at radius 3 is 1.30 bits per heavy atom. The lowest BCUT2D eigenvalue weighted by Crippen LogP contribution is -2.20. The van der Waals surface area contributed by atoms with Gasteiger partial charge in [-0.15, -0.1) is 0 Å². The van der Waals surface area contributed by atoms with Crippen LogP contribution >= 0.6 is 0 Å². The summed E-state index contributed by atoms with van der Waals surface area (Å²) in [5.41, 5.74) is 0. The van der Waals surface area contributed by atoms with E-state index in [1.54, 1.807) is 0 Å². The van der Waals surface area contributed by atoms with E-state index in [0.717, 1.165) is 0 Å². The van der Waals surface area contributed by atoms with Crippen molar-refractivity contribution in [3.63, 3.8) is 0 Å². The predicted octanol–water partition coefficient (Wildman–Crippen LogP) is 1.45. The third-order valence-corrected chi connectivity index (χ3v) is 0.942. The Balaban J connectivity index is 3.20. The summed E-state index contributed by atoms with van der Waals surface area (Å²) >= 11 is 0. The Morgan fingerprint density at radius 2 is 1.10 bits per heavy atom. The van der Waals surface area contributed by atoms with E-state index < -0.39 is 0 Å². The molecule has 0 saturated carbocycles. The Hall–Kier alpha value is -0.660. The van der Waals surface area contributed by atoms with E-state index in [1.165, 1.54) is 0 Å². The summed E-state index contributed by atoms with van der Waals surface area (Å²) in [6.45, 7) is 8.44. The minimum atomic E-state index is 0.519. The number of nitrogens with one attached hydrogen (secondary N) is 2. The maximum atomic E-state index is 3.16. The van der Waals surface area contributed by atoms with Gasteiger partial charge in [0.2, 0.25) is 0 Å². The van der Waals surface area contributed by atoms with E-state index in [-0.39, 0.29) is 0 Å². The molecule has 0 rings (SSSR count). The van der Waals surface area contributed by atoms with Gasteiger partial charge < -0.3 is 10.6 Å². The van der Waals surface area contributed by atoms with E-state index in [1.807, 2.05) is 12.4 Å². The molecule has 0 aliphatic rings. The molecule has 0 aromatic carbocycles. The highest BCUT2D eigenvalue weighted by molar-refractivity contribution is 4.79. The normalized spacial score (nSPS) is 11.4. The zero-order valence-corrected chi connectivity index (χ0v) is 7.31. The van der Waals surface area contributed by atoms with Crippen LogP contribution in [0.3, 0.4) is 0 Å². The third-order valence-electron chi connectivity index (χ3n) is 0.942. The highest BCUT2D eigenvalue weighted by Crippen LogP contribution is 1.77. The van der Waals surface area contributed by atoms with Gasteiger partial charge in [0, 0.05) is 24.5 Å². The maximum absolute atomic E-state index is 3.16. The average Bonchev–Trinajstić information content (AvgIpc) is 1.79. The SMILES string of the molecule is CC(C)N/C=C/NC(C)C. The molecule has 0 aliphatic heterocycles. The molecule has 0 unspecified atom stereocenters. The number of hydrogen-bond donors (Lipinski definition) is 2. The van der Waals surface area contributed by atoms with Gasteiger partial charge in [0.1, 0.15) is 0 Å². The zero-order valence-electron chi connectivity index (χ0n) is 7.31.